The third-order valence-electron chi connectivity index (χ3n) is 4.31. The number of hydrogen-bond donors (Lipinski definition) is 3. The van der Waals surface area contributed by atoms with E-state index in [2.05, 4.69) is 20.2 Å². The van der Waals surface area contributed by atoms with Crippen LogP contribution in [0.5, 0.6) is 0 Å². The van der Waals surface area contributed by atoms with Gasteiger partial charge in [-0.1, -0.05) is 13.0 Å². The van der Waals surface area contributed by atoms with E-state index >= 15 is 0 Å². The molecule has 0 aliphatic heterocycles. The number of aliphatic hydroxyl groups is 1. The van der Waals surface area contributed by atoms with Crippen LogP contribution in [0.3, 0.4) is 0 Å². The zero-order chi connectivity index (χ0) is 18.0. The van der Waals surface area contributed by atoms with E-state index < -0.39 is 23.2 Å². The van der Waals surface area contributed by atoms with Crippen LogP contribution in [0.4, 0.5) is 14.6 Å². The topological polar surface area (TPSA) is 101 Å². The van der Waals surface area contributed by atoms with Crippen LogP contribution in [0, 0.1) is 11.6 Å². The number of nitrogen functional groups attached to an aromatic ring is 1. The average Bonchev–Trinajstić information content (AvgIpc) is 3.06. The molecule has 25 heavy (non-hydrogen) atoms. The van der Waals surface area contributed by atoms with Crippen molar-refractivity contribution in [3.63, 3.8) is 0 Å². The Kier molecular flexibility index (Phi) is 4.45. The lowest BCUT2D eigenvalue weighted by molar-refractivity contribution is 0.00742. The third-order valence-corrected chi connectivity index (χ3v) is 4.31. The lowest BCUT2D eigenvalue weighted by atomic mass is 9.76. The fraction of sp³-hybridized carbons (Fsp3) is 0.235. The Bertz CT molecular complexity index is 871. The van der Waals surface area contributed by atoms with E-state index in [4.69, 9.17) is 5.73 Å². The molecule has 4 N–H and O–H groups in total. The van der Waals surface area contributed by atoms with Crippen molar-refractivity contribution in [1.29, 1.82) is 0 Å². The van der Waals surface area contributed by atoms with Gasteiger partial charge in [-0.15, -0.1) is 0 Å². The second-order valence-electron chi connectivity index (χ2n) is 5.88. The van der Waals surface area contributed by atoms with Crippen LogP contribution in [0.25, 0.3) is 0 Å². The Labute approximate surface area is 142 Å². The summed E-state index contributed by atoms with van der Waals surface area (Å²) in [7, 11) is 0. The van der Waals surface area contributed by atoms with E-state index in [-0.39, 0.29) is 17.8 Å². The van der Waals surface area contributed by atoms with Crippen molar-refractivity contribution in [2.45, 2.75) is 24.9 Å². The maximum atomic E-state index is 14.4. The van der Waals surface area contributed by atoms with Crippen LogP contribution in [0.2, 0.25) is 0 Å². The van der Waals surface area contributed by atoms with E-state index in [9.17, 15) is 13.9 Å². The monoisotopic (exact) mass is 345 g/mol. The normalized spacial score (nSPS) is 14.9. The lowest BCUT2D eigenvalue weighted by Crippen LogP contribution is -2.36. The number of hydrogen-bond acceptors (Lipinski definition) is 5. The number of benzene rings is 1. The first kappa shape index (κ1) is 17.0. The maximum absolute atomic E-state index is 14.4. The van der Waals surface area contributed by atoms with E-state index in [1.165, 1.54) is 18.6 Å². The number of halogens is 2. The van der Waals surface area contributed by atoms with Crippen molar-refractivity contribution in [3.05, 3.63) is 71.4 Å². The number of nitrogens with zero attached hydrogens (tertiary/aromatic N) is 3. The maximum Gasteiger partial charge on any atom is 0.153 e. The van der Waals surface area contributed by atoms with Gasteiger partial charge in [0, 0.05) is 30.2 Å². The number of pyridine rings is 1. The Morgan fingerprint density at radius 3 is 2.68 bits per heavy atom. The minimum absolute atomic E-state index is 0.0402. The molecule has 0 fully saturated rings. The SMILES string of the molecule is CC(c1ccnc(N)c1)C(O)(Cc1nc[nH]n1)c1ccc(F)cc1F. The summed E-state index contributed by atoms with van der Waals surface area (Å²) in [6.07, 6.45) is 2.81. The molecule has 2 atom stereocenters. The van der Waals surface area contributed by atoms with Crippen molar-refractivity contribution in [1.82, 2.24) is 20.2 Å². The van der Waals surface area contributed by atoms with Crippen molar-refractivity contribution in [2.24, 2.45) is 0 Å². The van der Waals surface area contributed by atoms with Gasteiger partial charge in [-0.3, -0.25) is 5.10 Å². The molecule has 130 valence electrons. The summed E-state index contributed by atoms with van der Waals surface area (Å²) in [6, 6.07) is 6.37. The van der Waals surface area contributed by atoms with Gasteiger partial charge in [0.25, 0.3) is 0 Å². The van der Waals surface area contributed by atoms with Crippen LogP contribution >= 0.6 is 0 Å². The van der Waals surface area contributed by atoms with Crippen LogP contribution in [0.1, 0.15) is 29.8 Å². The molecule has 0 spiro atoms. The number of aromatic nitrogens is 4. The van der Waals surface area contributed by atoms with Gasteiger partial charge >= 0.3 is 0 Å². The zero-order valence-electron chi connectivity index (χ0n) is 13.4. The minimum atomic E-state index is -1.71. The van der Waals surface area contributed by atoms with Crippen LogP contribution < -0.4 is 5.73 Å². The van der Waals surface area contributed by atoms with Crippen molar-refractivity contribution in [3.8, 4) is 0 Å². The second-order valence-corrected chi connectivity index (χ2v) is 5.88. The fourth-order valence-corrected chi connectivity index (χ4v) is 2.89. The van der Waals surface area contributed by atoms with Gasteiger partial charge in [-0.25, -0.2) is 18.7 Å². The van der Waals surface area contributed by atoms with Gasteiger partial charge < -0.3 is 10.8 Å². The molecule has 0 radical (unpaired) electrons. The highest BCUT2D eigenvalue weighted by Crippen LogP contribution is 2.40. The molecule has 8 heteroatoms. The summed E-state index contributed by atoms with van der Waals surface area (Å²) >= 11 is 0. The Morgan fingerprint density at radius 2 is 2.04 bits per heavy atom. The number of aromatic amines is 1. The molecule has 2 heterocycles. The largest absolute Gasteiger partial charge is 0.384 e. The molecule has 2 aromatic heterocycles. The Morgan fingerprint density at radius 1 is 1.24 bits per heavy atom. The number of nitrogens with two attached hydrogens (primary N) is 1. The summed E-state index contributed by atoms with van der Waals surface area (Å²) in [5.41, 5.74) is 4.62. The van der Waals surface area contributed by atoms with E-state index in [1.54, 1.807) is 19.1 Å². The number of anilines is 1. The fourth-order valence-electron chi connectivity index (χ4n) is 2.89. The van der Waals surface area contributed by atoms with Crippen LogP contribution in [0.15, 0.2) is 42.9 Å². The molecule has 1 aromatic carbocycles. The summed E-state index contributed by atoms with van der Waals surface area (Å²) in [4.78, 5) is 7.93. The summed E-state index contributed by atoms with van der Waals surface area (Å²) in [5.74, 6) is -1.56. The summed E-state index contributed by atoms with van der Waals surface area (Å²) in [6.45, 7) is 1.73. The first-order chi connectivity index (χ1) is 11.9. The number of rotatable bonds is 5. The van der Waals surface area contributed by atoms with E-state index in [1.807, 2.05) is 0 Å². The van der Waals surface area contributed by atoms with Crippen LogP contribution in [-0.4, -0.2) is 25.3 Å². The second kappa shape index (κ2) is 6.56. The Balaban J connectivity index is 2.11. The van der Waals surface area contributed by atoms with Gasteiger partial charge in [0.05, 0.1) is 0 Å². The smallest absolute Gasteiger partial charge is 0.153 e. The van der Waals surface area contributed by atoms with Gasteiger partial charge in [0.1, 0.15) is 29.4 Å². The Hall–Kier alpha value is -2.87. The molecular weight excluding hydrogens is 328 g/mol. The lowest BCUT2D eigenvalue weighted by Gasteiger charge is -2.34. The molecule has 0 bridgehead atoms. The van der Waals surface area contributed by atoms with Crippen molar-refractivity contribution >= 4 is 5.82 Å². The highest BCUT2D eigenvalue weighted by Gasteiger charge is 2.40. The number of nitrogens with one attached hydrogen (secondary N) is 1. The quantitative estimate of drug-likeness (QED) is 0.659. The molecule has 0 saturated heterocycles. The minimum Gasteiger partial charge on any atom is -0.384 e. The van der Waals surface area contributed by atoms with Gasteiger partial charge in [-0.05, 0) is 23.8 Å². The van der Waals surface area contributed by atoms with Crippen molar-refractivity contribution < 1.29 is 13.9 Å². The average molecular weight is 345 g/mol. The predicted molar refractivity (Wildman–Crippen MR) is 87.4 cm³/mol. The molecular formula is C17H17F2N5O. The van der Waals surface area contributed by atoms with Gasteiger partial charge in [0.2, 0.25) is 0 Å². The zero-order valence-corrected chi connectivity index (χ0v) is 13.4. The first-order valence-corrected chi connectivity index (χ1v) is 7.64. The van der Waals surface area contributed by atoms with E-state index in [0.717, 1.165) is 12.1 Å². The molecule has 6 nitrogen and oxygen atoms in total. The molecule has 0 amide bonds. The highest BCUT2D eigenvalue weighted by molar-refractivity contribution is 5.38. The highest BCUT2D eigenvalue weighted by atomic mass is 19.1. The molecule has 0 aliphatic carbocycles. The molecule has 0 aliphatic rings. The molecule has 0 saturated carbocycles. The van der Waals surface area contributed by atoms with Crippen molar-refractivity contribution in [2.75, 3.05) is 5.73 Å². The number of H-pyrrole nitrogens is 1. The van der Waals surface area contributed by atoms with Gasteiger partial charge in [0.15, 0.2) is 5.82 Å². The third kappa shape index (κ3) is 3.34. The summed E-state index contributed by atoms with van der Waals surface area (Å²) < 4.78 is 27.8. The van der Waals surface area contributed by atoms with Crippen LogP contribution in [-0.2, 0) is 12.0 Å². The molecule has 3 aromatic rings. The van der Waals surface area contributed by atoms with Gasteiger partial charge in [-0.2, -0.15) is 5.10 Å². The standard InChI is InChI=1S/C17H17F2N5O/c1-10(11-4-5-21-15(20)6-11)17(25,8-16-22-9-23-24-16)13-3-2-12(18)7-14(13)19/h2-7,9-10,25H,8H2,1H3,(H2,20,21)(H,22,23,24). The predicted octanol–water partition coefficient (Wildman–Crippen LogP) is 2.29. The summed E-state index contributed by atoms with van der Waals surface area (Å²) in [5, 5.41) is 17.9. The molecule has 2 unspecified atom stereocenters. The first-order valence-electron chi connectivity index (χ1n) is 7.64. The van der Waals surface area contributed by atoms with E-state index in [0.29, 0.717) is 11.4 Å². The molecule has 3 rings (SSSR count).